The van der Waals surface area contributed by atoms with Crippen LogP contribution in [0.4, 0.5) is 10.1 Å². The van der Waals surface area contributed by atoms with Gasteiger partial charge in [0.25, 0.3) is 0 Å². The van der Waals surface area contributed by atoms with E-state index >= 15 is 0 Å². The van der Waals surface area contributed by atoms with Crippen LogP contribution in [0.25, 0.3) is 0 Å². The number of nitrogens with one attached hydrogen (secondary N) is 2. The lowest BCUT2D eigenvalue weighted by Crippen LogP contribution is -2.21. The monoisotopic (exact) mass is 216 g/mol. The topological polar surface area (TPSA) is 24.1 Å². The van der Waals surface area contributed by atoms with Crippen LogP contribution in [-0.2, 0) is 6.54 Å². The van der Waals surface area contributed by atoms with Gasteiger partial charge >= 0.3 is 0 Å². The molecule has 0 heterocycles. The van der Waals surface area contributed by atoms with Gasteiger partial charge in [0.05, 0.1) is 5.69 Å². The molecular weight excluding hydrogens is 203 g/mol. The second kappa shape index (κ2) is 5.28. The van der Waals surface area contributed by atoms with Gasteiger partial charge in [0, 0.05) is 6.54 Å². The van der Waals surface area contributed by atoms with Crippen LogP contribution in [0.2, 0.25) is 0 Å². The van der Waals surface area contributed by atoms with Crippen LogP contribution in [0.15, 0.2) is 54.6 Å². The van der Waals surface area contributed by atoms with Crippen molar-refractivity contribution >= 4 is 5.69 Å². The molecule has 0 spiro atoms. The van der Waals surface area contributed by atoms with E-state index in [-0.39, 0.29) is 5.82 Å². The van der Waals surface area contributed by atoms with Crippen molar-refractivity contribution in [2.45, 2.75) is 6.54 Å². The highest BCUT2D eigenvalue weighted by molar-refractivity contribution is 5.43. The Kier molecular flexibility index (Phi) is 3.51. The van der Waals surface area contributed by atoms with Gasteiger partial charge in [0.15, 0.2) is 0 Å². The lowest BCUT2D eigenvalue weighted by molar-refractivity contribution is 0.625. The largest absolute Gasteiger partial charge is 0.318 e. The third-order valence-corrected chi connectivity index (χ3v) is 2.23. The van der Waals surface area contributed by atoms with Crippen LogP contribution < -0.4 is 10.9 Å². The van der Waals surface area contributed by atoms with Gasteiger partial charge in [-0.1, -0.05) is 42.5 Å². The predicted molar refractivity (Wildman–Crippen MR) is 63.3 cm³/mol. The fraction of sp³-hybridized carbons (Fsp3) is 0.0769. The standard InChI is InChI=1S/C13H13FN2/c14-12-8-4-5-9-13(12)16-15-10-11-6-2-1-3-7-11/h1-9,15-16H,10H2. The Morgan fingerprint density at radius 3 is 2.31 bits per heavy atom. The average Bonchev–Trinajstić information content (AvgIpc) is 2.33. The normalized spacial score (nSPS) is 10.1. The number of hydrogen-bond acceptors (Lipinski definition) is 2. The maximum Gasteiger partial charge on any atom is 0.147 e. The molecule has 2 nitrogen and oxygen atoms in total. The first-order chi connectivity index (χ1) is 7.86. The fourth-order valence-corrected chi connectivity index (χ4v) is 1.40. The van der Waals surface area contributed by atoms with Gasteiger partial charge < -0.3 is 5.43 Å². The molecular formula is C13H13FN2. The molecule has 0 aliphatic carbocycles. The van der Waals surface area contributed by atoms with Gasteiger partial charge in [0.2, 0.25) is 0 Å². The summed E-state index contributed by atoms with van der Waals surface area (Å²) in [4.78, 5) is 0. The number of para-hydroxylation sites is 1. The summed E-state index contributed by atoms with van der Waals surface area (Å²) in [5.74, 6) is -0.261. The zero-order valence-electron chi connectivity index (χ0n) is 8.78. The summed E-state index contributed by atoms with van der Waals surface area (Å²) in [6.07, 6.45) is 0. The van der Waals surface area contributed by atoms with Crippen molar-refractivity contribution in [1.82, 2.24) is 5.43 Å². The minimum atomic E-state index is -0.261. The SMILES string of the molecule is Fc1ccccc1NNCc1ccccc1. The smallest absolute Gasteiger partial charge is 0.147 e. The molecule has 0 saturated heterocycles. The van der Waals surface area contributed by atoms with Crippen LogP contribution in [0.1, 0.15) is 5.56 Å². The first-order valence-corrected chi connectivity index (χ1v) is 5.13. The Morgan fingerprint density at radius 2 is 1.56 bits per heavy atom. The molecule has 2 rings (SSSR count). The molecule has 0 bridgehead atoms. The average molecular weight is 216 g/mol. The Morgan fingerprint density at radius 1 is 0.875 bits per heavy atom. The van der Waals surface area contributed by atoms with E-state index in [0.717, 1.165) is 5.56 Å². The van der Waals surface area contributed by atoms with Crippen molar-refractivity contribution in [3.8, 4) is 0 Å². The van der Waals surface area contributed by atoms with E-state index in [1.807, 2.05) is 30.3 Å². The Hall–Kier alpha value is -1.87. The van der Waals surface area contributed by atoms with Gasteiger partial charge in [-0.25, -0.2) is 9.82 Å². The van der Waals surface area contributed by atoms with E-state index in [4.69, 9.17) is 0 Å². The number of hydrazine groups is 1. The summed E-state index contributed by atoms with van der Waals surface area (Å²) in [7, 11) is 0. The van der Waals surface area contributed by atoms with Crippen molar-refractivity contribution in [2.75, 3.05) is 5.43 Å². The van der Waals surface area contributed by atoms with Gasteiger partial charge in [-0.05, 0) is 17.7 Å². The zero-order valence-corrected chi connectivity index (χ0v) is 8.78. The van der Waals surface area contributed by atoms with Crippen LogP contribution in [-0.4, -0.2) is 0 Å². The summed E-state index contributed by atoms with van der Waals surface area (Å²) in [6.45, 7) is 0.648. The molecule has 0 aromatic heterocycles. The van der Waals surface area contributed by atoms with Crippen LogP contribution in [0.5, 0.6) is 0 Å². The molecule has 0 aliphatic rings. The van der Waals surface area contributed by atoms with Crippen LogP contribution >= 0.6 is 0 Å². The van der Waals surface area contributed by atoms with Gasteiger partial charge in [0.1, 0.15) is 5.82 Å². The van der Waals surface area contributed by atoms with Gasteiger partial charge in [-0.2, -0.15) is 0 Å². The Labute approximate surface area is 94.1 Å². The number of halogens is 1. The minimum Gasteiger partial charge on any atom is -0.318 e. The second-order valence-corrected chi connectivity index (χ2v) is 3.44. The maximum atomic E-state index is 13.2. The molecule has 0 unspecified atom stereocenters. The summed E-state index contributed by atoms with van der Waals surface area (Å²) in [5.41, 5.74) is 7.41. The van der Waals surface area contributed by atoms with E-state index in [1.54, 1.807) is 18.2 Å². The summed E-state index contributed by atoms with van der Waals surface area (Å²) in [5, 5.41) is 0. The maximum absolute atomic E-state index is 13.2. The molecule has 0 fully saturated rings. The van der Waals surface area contributed by atoms with Crippen molar-refractivity contribution in [2.24, 2.45) is 0 Å². The highest BCUT2D eigenvalue weighted by atomic mass is 19.1. The molecule has 2 N–H and O–H groups in total. The summed E-state index contributed by atoms with van der Waals surface area (Å²) in [6, 6.07) is 16.5. The summed E-state index contributed by atoms with van der Waals surface area (Å²) < 4.78 is 13.2. The molecule has 82 valence electrons. The van der Waals surface area contributed by atoms with Crippen molar-refractivity contribution in [1.29, 1.82) is 0 Å². The number of rotatable bonds is 4. The second-order valence-electron chi connectivity index (χ2n) is 3.44. The van der Waals surface area contributed by atoms with Crippen molar-refractivity contribution in [3.63, 3.8) is 0 Å². The number of benzene rings is 2. The lowest BCUT2D eigenvalue weighted by atomic mass is 10.2. The van der Waals surface area contributed by atoms with Crippen LogP contribution in [0, 0.1) is 5.82 Å². The fourth-order valence-electron chi connectivity index (χ4n) is 1.40. The molecule has 0 atom stereocenters. The minimum absolute atomic E-state index is 0.261. The lowest BCUT2D eigenvalue weighted by Gasteiger charge is -2.08. The molecule has 2 aromatic rings. The molecule has 3 heteroatoms. The van der Waals surface area contributed by atoms with Crippen molar-refractivity contribution in [3.05, 3.63) is 66.0 Å². The molecule has 2 aromatic carbocycles. The number of hydrogen-bond donors (Lipinski definition) is 2. The molecule has 16 heavy (non-hydrogen) atoms. The Bertz CT molecular complexity index is 443. The quantitative estimate of drug-likeness (QED) is 0.768. The van der Waals surface area contributed by atoms with E-state index in [1.165, 1.54) is 6.07 Å². The zero-order chi connectivity index (χ0) is 11.2. The first-order valence-electron chi connectivity index (χ1n) is 5.13. The predicted octanol–water partition coefficient (Wildman–Crippen LogP) is 2.94. The van der Waals surface area contributed by atoms with E-state index in [2.05, 4.69) is 10.9 Å². The van der Waals surface area contributed by atoms with Crippen LogP contribution in [0.3, 0.4) is 0 Å². The highest BCUT2D eigenvalue weighted by Crippen LogP contribution is 2.10. The Balaban J connectivity index is 1.87. The van der Waals surface area contributed by atoms with Gasteiger partial charge in [-0.15, -0.1) is 0 Å². The van der Waals surface area contributed by atoms with E-state index in [0.29, 0.717) is 12.2 Å². The van der Waals surface area contributed by atoms with Crippen molar-refractivity contribution < 1.29 is 4.39 Å². The summed E-state index contributed by atoms with van der Waals surface area (Å²) >= 11 is 0. The third-order valence-electron chi connectivity index (χ3n) is 2.23. The van der Waals surface area contributed by atoms with E-state index < -0.39 is 0 Å². The van der Waals surface area contributed by atoms with Gasteiger partial charge in [-0.3, -0.25) is 0 Å². The molecule has 0 amide bonds. The molecule has 0 saturated carbocycles. The third kappa shape index (κ3) is 2.81. The van der Waals surface area contributed by atoms with E-state index in [9.17, 15) is 4.39 Å². The molecule has 0 radical (unpaired) electrons. The molecule has 0 aliphatic heterocycles. The number of anilines is 1. The first kappa shape index (κ1) is 10.6. The highest BCUT2D eigenvalue weighted by Gasteiger charge is 1.98.